The van der Waals surface area contributed by atoms with E-state index in [1.54, 1.807) is 0 Å². The molecule has 3 heteroatoms. The summed E-state index contributed by atoms with van der Waals surface area (Å²) < 4.78 is 5.88. The molecule has 2 aromatic rings. The van der Waals surface area contributed by atoms with Gasteiger partial charge in [0.15, 0.2) is 0 Å². The highest BCUT2D eigenvalue weighted by molar-refractivity contribution is 5.49. The van der Waals surface area contributed by atoms with Crippen molar-refractivity contribution in [3.05, 3.63) is 65.2 Å². The zero-order valence-corrected chi connectivity index (χ0v) is 12.0. The Balaban J connectivity index is 1.78. The predicted octanol–water partition coefficient (Wildman–Crippen LogP) is 2.86. The summed E-state index contributed by atoms with van der Waals surface area (Å²) in [4.78, 5) is 0. The molecule has 0 amide bonds. The lowest BCUT2D eigenvalue weighted by Crippen LogP contribution is -2.37. The van der Waals surface area contributed by atoms with E-state index in [-0.39, 0.29) is 11.5 Å². The third kappa shape index (κ3) is 1.96. The van der Waals surface area contributed by atoms with Crippen LogP contribution >= 0.6 is 0 Å². The van der Waals surface area contributed by atoms with E-state index >= 15 is 0 Å². The molecule has 1 unspecified atom stereocenters. The number of hydrazine groups is 1. The van der Waals surface area contributed by atoms with Crippen molar-refractivity contribution in [3.63, 3.8) is 0 Å². The molecular weight excluding hydrogens is 260 g/mol. The molecule has 0 bridgehead atoms. The molecule has 2 aliphatic rings. The highest BCUT2D eigenvalue weighted by Gasteiger charge is 2.51. The molecule has 2 aromatic carbocycles. The lowest BCUT2D eigenvalue weighted by Gasteiger charge is -2.28. The largest absolute Gasteiger partial charge is 0.493 e. The first-order valence-electron chi connectivity index (χ1n) is 7.61. The van der Waals surface area contributed by atoms with E-state index in [9.17, 15) is 0 Å². The van der Waals surface area contributed by atoms with E-state index in [0.717, 1.165) is 31.6 Å². The van der Waals surface area contributed by atoms with Gasteiger partial charge in [0.05, 0.1) is 12.6 Å². The van der Waals surface area contributed by atoms with Crippen LogP contribution in [0.3, 0.4) is 0 Å². The first-order valence-corrected chi connectivity index (χ1v) is 7.61. The molecule has 3 N–H and O–H groups in total. The van der Waals surface area contributed by atoms with Gasteiger partial charge in [-0.3, -0.25) is 11.3 Å². The van der Waals surface area contributed by atoms with Gasteiger partial charge in [-0.05, 0) is 24.0 Å². The number of rotatable bonds is 4. The van der Waals surface area contributed by atoms with Crippen LogP contribution in [-0.4, -0.2) is 6.61 Å². The van der Waals surface area contributed by atoms with E-state index < -0.39 is 0 Å². The summed E-state index contributed by atoms with van der Waals surface area (Å²) in [7, 11) is 0. The molecule has 108 valence electrons. The molecule has 4 rings (SSSR count). The molecule has 0 spiro atoms. The fraction of sp³-hybridized carbons (Fsp3) is 0.333. The van der Waals surface area contributed by atoms with E-state index in [1.807, 2.05) is 0 Å². The van der Waals surface area contributed by atoms with Gasteiger partial charge in [-0.15, -0.1) is 0 Å². The molecule has 3 nitrogen and oxygen atoms in total. The monoisotopic (exact) mass is 280 g/mol. The first kappa shape index (κ1) is 12.9. The summed E-state index contributed by atoms with van der Waals surface area (Å²) in [5, 5.41) is 0. The van der Waals surface area contributed by atoms with E-state index in [4.69, 9.17) is 10.6 Å². The average molecular weight is 280 g/mol. The minimum atomic E-state index is 0.105. The van der Waals surface area contributed by atoms with Crippen molar-refractivity contribution in [1.29, 1.82) is 0 Å². The summed E-state index contributed by atoms with van der Waals surface area (Å²) in [5.41, 5.74) is 7.05. The highest BCUT2D eigenvalue weighted by atomic mass is 16.5. The zero-order chi connectivity index (χ0) is 14.3. The van der Waals surface area contributed by atoms with Crippen LogP contribution in [0.25, 0.3) is 0 Å². The zero-order valence-electron chi connectivity index (χ0n) is 12.0. The van der Waals surface area contributed by atoms with Crippen molar-refractivity contribution < 1.29 is 4.74 Å². The molecule has 21 heavy (non-hydrogen) atoms. The van der Waals surface area contributed by atoms with E-state index in [2.05, 4.69) is 54.0 Å². The number of nitrogens with one attached hydrogen (secondary N) is 1. The summed E-state index contributed by atoms with van der Waals surface area (Å²) in [6.45, 7) is 0.780. The Bertz CT molecular complexity index is 650. The second kappa shape index (κ2) is 4.86. The number of hydrogen-bond acceptors (Lipinski definition) is 3. The number of benzene rings is 2. The van der Waals surface area contributed by atoms with Crippen molar-refractivity contribution in [1.82, 2.24) is 5.43 Å². The Labute approximate surface area is 125 Å². The predicted molar refractivity (Wildman–Crippen MR) is 83.1 cm³/mol. The minimum Gasteiger partial charge on any atom is -0.493 e. The number of ether oxygens (including phenoxy) is 1. The number of fused-ring (bicyclic) bond motifs is 1. The molecule has 1 fully saturated rings. The van der Waals surface area contributed by atoms with Gasteiger partial charge in [0, 0.05) is 17.4 Å². The third-order valence-electron chi connectivity index (χ3n) is 4.91. The minimum absolute atomic E-state index is 0.105. The Morgan fingerprint density at radius 3 is 2.57 bits per heavy atom. The van der Waals surface area contributed by atoms with Crippen molar-refractivity contribution in [2.75, 3.05) is 6.61 Å². The van der Waals surface area contributed by atoms with Crippen LogP contribution in [0.5, 0.6) is 5.75 Å². The standard InChI is InChI=1S/C18H20N2O/c19-20-17(15-8-4-5-13-9-12-21-16(13)15)18(10-11-18)14-6-2-1-3-7-14/h1-8,17,20H,9-12,19H2. The molecule has 1 aliphatic carbocycles. The second-order valence-corrected chi connectivity index (χ2v) is 6.06. The van der Waals surface area contributed by atoms with Crippen LogP contribution in [0.1, 0.15) is 35.6 Å². The molecule has 0 radical (unpaired) electrons. The lowest BCUT2D eigenvalue weighted by atomic mass is 9.83. The normalized spacial score (nSPS) is 19.7. The quantitative estimate of drug-likeness (QED) is 0.669. The molecule has 1 aliphatic heterocycles. The summed E-state index contributed by atoms with van der Waals surface area (Å²) in [6, 6.07) is 17.2. The summed E-state index contributed by atoms with van der Waals surface area (Å²) in [5.74, 6) is 7.00. The SMILES string of the molecule is NNC(c1cccc2c1OCC2)C1(c2ccccc2)CC1. The van der Waals surface area contributed by atoms with Gasteiger partial charge in [0.1, 0.15) is 5.75 Å². The van der Waals surface area contributed by atoms with Crippen LogP contribution in [0.2, 0.25) is 0 Å². The van der Waals surface area contributed by atoms with Gasteiger partial charge in [0.25, 0.3) is 0 Å². The molecule has 1 heterocycles. The van der Waals surface area contributed by atoms with Crippen molar-refractivity contribution in [3.8, 4) is 5.75 Å². The van der Waals surface area contributed by atoms with Gasteiger partial charge in [-0.25, -0.2) is 0 Å². The van der Waals surface area contributed by atoms with Gasteiger partial charge in [-0.1, -0.05) is 48.5 Å². The van der Waals surface area contributed by atoms with E-state index in [1.165, 1.54) is 16.7 Å². The summed E-state index contributed by atoms with van der Waals surface area (Å²) in [6.07, 6.45) is 3.32. The van der Waals surface area contributed by atoms with Gasteiger partial charge >= 0.3 is 0 Å². The van der Waals surface area contributed by atoms with Crippen molar-refractivity contribution in [2.45, 2.75) is 30.7 Å². The number of hydrogen-bond donors (Lipinski definition) is 2. The van der Waals surface area contributed by atoms with Gasteiger partial charge in [-0.2, -0.15) is 0 Å². The first-order chi connectivity index (χ1) is 10.3. The number of nitrogens with two attached hydrogens (primary N) is 1. The van der Waals surface area contributed by atoms with Crippen LogP contribution < -0.4 is 16.0 Å². The van der Waals surface area contributed by atoms with Crippen LogP contribution in [-0.2, 0) is 11.8 Å². The maximum absolute atomic E-state index is 5.96. The average Bonchev–Trinajstić information content (AvgIpc) is 3.19. The van der Waals surface area contributed by atoms with Crippen molar-refractivity contribution in [2.24, 2.45) is 5.84 Å². The molecule has 1 saturated carbocycles. The Kier molecular flexibility index (Phi) is 2.98. The summed E-state index contributed by atoms with van der Waals surface area (Å²) >= 11 is 0. The van der Waals surface area contributed by atoms with Gasteiger partial charge in [0.2, 0.25) is 0 Å². The molecule has 1 atom stereocenters. The lowest BCUT2D eigenvalue weighted by molar-refractivity contribution is 0.341. The van der Waals surface area contributed by atoms with Crippen LogP contribution in [0, 0.1) is 0 Å². The van der Waals surface area contributed by atoms with Crippen LogP contribution in [0.15, 0.2) is 48.5 Å². The van der Waals surface area contributed by atoms with Crippen LogP contribution in [0.4, 0.5) is 0 Å². The Morgan fingerprint density at radius 2 is 1.86 bits per heavy atom. The fourth-order valence-electron chi connectivity index (χ4n) is 3.66. The molecule has 0 saturated heterocycles. The Morgan fingerprint density at radius 1 is 1.05 bits per heavy atom. The molecule has 0 aromatic heterocycles. The third-order valence-corrected chi connectivity index (χ3v) is 4.91. The Hall–Kier alpha value is -1.84. The topological polar surface area (TPSA) is 47.3 Å². The second-order valence-electron chi connectivity index (χ2n) is 6.06. The highest BCUT2D eigenvalue weighted by Crippen LogP contribution is 2.57. The maximum Gasteiger partial charge on any atom is 0.127 e. The van der Waals surface area contributed by atoms with Gasteiger partial charge < -0.3 is 4.74 Å². The maximum atomic E-state index is 5.96. The van der Waals surface area contributed by atoms with Crippen molar-refractivity contribution >= 4 is 0 Å². The smallest absolute Gasteiger partial charge is 0.127 e. The fourth-order valence-corrected chi connectivity index (χ4v) is 3.66. The number of para-hydroxylation sites is 1. The molecular formula is C18H20N2O. The van der Waals surface area contributed by atoms with E-state index in [0.29, 0.717) is 0 Å².